The Kier molecular flexibility index (Phi) is 5.27. The Balaban J connectivity index is 1.98. The van der Waals surface area contributed by atoms with Crippen LogP contribution < -0.4 is 9.47 Å². The van der Waals surface area contributed by atoms with Crippen LogP contribution in [-0.2, 0) is 5.41 Å². The highest BCUT2D eigenvalue weighted by Gasteiger charge is 2.21. The summed E-state index contributed by atoms with van der Waals surface area (Å²) < 4.78 is 10.9. The Morgan fingerprint density at radius 3 is 1.56 bits per heavy atom. The molecule has 0 heterocycles. The van der Waals surface area contributed by atoms with Crippen LogP contribution in [0.15, 0.2) is 60.7 Å². The first kappa shape index (κ1) is 19.0. The highest BCUT2D eigenvalue weighted by Crippen LogP contribution is 2.38. The Morgan fingerprint density at radius 2 is 1.11 bits per heavy atom. The lowest BCUT2D eigenvalue weighted by molar-refractivity contribution is 0.394. The van der Waals surface area contributed by atoms with Crippen LogP contribution >= 0.6 is 0 Å². The van der Waals surface area contributed by atoms with E-state index < -0.39 is 0 Å². The smallest absolute Gasteiger partial charge is 0.125 e. The van der Waals surface area contributed by atoms with Crippen LogP contribution in [0.1, 0.15) is 31.9 Å². The Labute approximate surface area is 162 Å². The second-order valence-corrected chi connectivity index (χ2v) is 7.93. The maximum atomic E-state index is 5.68. The van der Waals surface area contributed by atoms with Crippen molar-refractivity contribution in [3.63, 3.8) is 0 Å². The summed E-state index contributed by atoms with van der Waals surface area (Å²) in [5, 5.41) is 0. The van der Waals surface area contributed by atoms with E-state index in [2.05, 4.69) is 76.2 Å². The van der Waals surface area contributed by atoms with Crippen molar-refractivity contribution in [1.82, 2.24) is 0 Å². The zero-order valence-corrected chi connectivity index (χ0v) is 17.1. The lowest BCUT2D eigenvalue weighted by Gasteiger charge is -2.24. The van der Waals surface area contributed by atoms with Gasteiger partial charge in [-0.05, 0) is 64.4 Å². The second-order valence-electron chi connectivity index (χ2n) is 7.93. The molecule has 27 heavy (non-hydrogen) atoms. The fourth-order valence-electron chi connectivity index (χ4n) is 3.41. The van der Waals surface area contributed by atoms with Crippen molar-refractivity contribution in [2.45, 2.75) is 33.1 Å². The molecule has 0 fully saturated rings. The molecule has 0 aliphatic heterocycles. The van der Waals surface area contributed by atoms with Crippen LogP contribution in [0.25, 0.3) is 22.3 Å². The number of benzene rings is 3. The zero-order valence-electron chi connectivity index (χ0n) is 17.1. The lowest BCUT2D eigenvalue weighted by Crippen LogP contribution is -2.13. The highest BCUT2D eigenvalue weighted by atomic mass is 16.5. The normalized spacial score (nSPS) is 11.3. The first-order chi connectivity index (χ1) is 12.8. The van der Waals surface area contributed by atoms with Crippen molar-refractivity contribution in [2.24, 2.45) is 0 Å². The molecule has 0 amide bonds. The van der Waals surface area contributed by atoms with Crippen molar-refractivity contribution in [3.05, 3.63) is 71.8 Å². The van der Waals surface area contributed by atoms with E-state index in [1.54, 1.807) is 14.2 Å². The number of aryl methyl sites for hydroxylation is 1. The van der Waals surface area contributed by atoms with E-state index in [1.165, 1.54) is 33.4 Å². The molecule has 0 atom stereocenters. The minimum atomic E-state index is 0.0230. The molecule has 3 rings (SSSR count). The minimum absolute atomic E-state index is 0.0230. The maximum absolute atomic E-state index is 5.68. The number of methoxy groups -OCH3 is 2. The van der Waals surface area contributed by atoms with Gasteiger partial charge in [0.1, 0.15) is 11.5 Å². The number of rotatable bonds is 4. The van der Waals surface area contributed by atoms with Gasteiger partial charge in [0.25, 0.3) is 0 Å². The molecule has 2 heteroatoms. The SMILES string of the molecule is COc1ccc(-c2ccc(-c3cc(C)c(OC)c(C(C)(C)C)c3)cc2)cc1. The van der Waals surface area contributed by atoms with Gasteiger partial charge in [-0.2, -0.15) is 0 Å². The third-order valence-electron chi connectivity index (χ3n) is 4.93. The van der Waals surface area contributed by atoms with Gasteiger partial charge in [0, 0.05) is 5.56 Å². The van der Waals surface area contributed by atoms with Crippen molar-refractivity contribution >= 4 is 0 Å². The van der Waals surface area contributed by atoms with Gasteiger partial charge in [0.2, 0.25) is 0 Å². The Bertz CT molecular complexity index is 914. The van der Waals surface area contributed by atoms with Crippen LogP contribution in [0, 0.1) is 6.92 Å². The van der Waals surface area contributed by atoms with Gasteiger partial charge in [-0.1, -0.05) is 57.2 Å². The van der Waals surface area contributed by atoms with Gasteiger partial charge in [0.05, 0.1) is 14.2 Å². The summed E-state index contributed by atoms with van der Waals surface area (Å²) >= 11 is 0. The predicted molar refractivity (Wildman–Crippen MR) is 114 cm³/mol. The maximum Gasteiger partial charge on any atom is 0.125 e. The van der Waals surface area contributed by atoms with Crippen LogP contribution in [0.5, 0.6) is 11.5 Å². The highest BCUT2D eigenvalue weighted by molar-refractivity contribution is 5.72. The van der Waals surface area contributed by atoms with Gasteiger partial charge in [-0.3, -0.25) is 0 Å². The van der Waals surface area contributed by atoms with Crippen LogP contribution in [0.3, 0.4) is 0 Å². The summed E-state index contributed by atoms with van der Waals surface area (Å²) in [6, 6.07) is 21.3. The topological polar surface area (TPSA) is 18.5 Å². The second kappa shape index (κ2) is 7.48. The van der Waals surface area contributed by atoms with E-state index in [1.807, 2.05) is 12.1 Å². The third kappa shape index (κ3) is 4.00. The van der Waals surface area contributed by atoms with Crippen molar-refractivity contribution in [2.75, 3.05) is 14.2 Å². The summed E-state index contributed by atoms with van der Waals surface area (Å²) in [6.45, 7) is 8.78. The zero-order chi connectivity index (χ0) is 19.6. The molecule has 2 nitrogen and oxygen atoms in total. The summed E-state index contributed by atoms with van der Waals surface area (Å²) in [5.74, 6) is 1.86. The Hall–Kier alpha value is -2.74. The number of hydrogen-bond donors (Lipinski definition) is 0. The number of ether oxygens (including phenoxy) is 2. The molecule has 0 bridgehead atoms. The van der Waals surface area contributed by atoms with Crippen LogP contribution in [0.4, 0.5) is 0 Å². The first-order valence-electron chi connectivity index (χ1n) is 9.27. The molecule has 0 aromatic heterocycles. The average Bonchev–Trinajstić information content (AvgIpc) is 2.67. The summed E-state index contributed by atoms with van der Waals surface area (Å²) in [5.41, 5.74) is 7.24. The van der Waals surface area contributed by atoms with Crippen molar-refractivity contribution in [3.8, 4) is 33.8 Å². The molecule has 140 valence electrons. The van der Waals surface area contributed by atoms with E-state index in [0.717, 1.165) is 11.5 Å². The van der Waals surface area contributed by atoms with E-state index in [9.17, 15) is 0 Å². The van der Waals surface area contributed by atoms with E-state index in [4.69, 9.17) is 9.47 Å². The largest absolute Gasteiger partial charge is 0.497 e. The van der Waals surface area contributed by atoms with Crippen molar-refractivity contribution in [1.29, 1.82) is 0 Å². The molecule has 0 unspecified atom stereocenters. The quantitative estimate of drug-likeness (QED) is 0.519. The molecular weight excluding hydrogens is 332 g/mol. The first-order valence-corrected chi connectivity index (χ1v) is 9.27. The predicted octanol–water partition coefficient (Wildman–Crippen LogP) is 6.64. The van der Waals surface area contributed by atoms with Gasteiger partial charge < -0.3 is 9.47 Å². The van der Waals surface area contributed by atoms with E-state index >= 15 is 0 Å². The standard InChI is InChI=1S/C25H28O2/c1-17-15-21(16-23(24(17)27-6)25(2,3)4)20-9-7-18(8-10-20)19-11-13-22(26-5)14-12-19/h7-16H,1-6H3. The van der Waals surface area contributed by atoms with Gasteiger partial charge in [-0.25, -0.2) is 0 Å². The summed E-state index contributed by atoms with van der Waals surface area (Å²) in [7, 11) is 3.44. The molecular formula is C25H28O2. The molecule has 0 N–H and O–H groups in total. The Morgan fingerprint density at radius 1 is 0.630 bits per heavy atom. The molecule has 0 saturated heterocycles. The molecule has 0 radical (unpaired) electrons. The fourth-order valence-corrected chi connectivity index (χ4v) is 3.41. The fraction of sp³-hybridized carbons (Fsp3) is 0.280. The van der Waals surface area contributed by atoms with Crippen molar-refractivity contribution < 1.29 is 9.47 Å². The van der Waals surface area contributed by atoms with Crippen LogP contribution in [0.2, 0.25) is 0 Å². The monoisotopic (exact) mass is 360 g/mol. The molecule has 3 aromatic rings. The van der Waals surface area contributed by atoms with E-state index in [0.29, 0.717) is 0 Å². The summed E-state index contributed by atoms with van der Waals surface area (Å²) in [6.07, 6.45) is 0. The molecule has 0 saturated carbocycles. The summed E-state index contributed by atoms with van der Waals surface area (Å²) in [4.78, 5) is 0. The average molecular weight is 360 g/mol. The van der Waals surface area contributed by atoms with Gasteiger partial charge in [0.15, 0.2) is 0 Å². The van der Waals surface area contributed by atoms with Gasteiger partial charge in [-0.15, -0.1) is 0 Å². The van der Waals surface area contributed by atoms with Crippen LogP contribution in [-0.4, -0.2) is 14.2 Å². The molecule has 3 aromatic carbocycles. The molecule has 0 aliphatic carbocycles. The number of hydrogen-bond acceptors (Lipinski definition) is 2. The third-order valence-corrected chi connectivity index (χ3v) is 4.93. The lowest BCUT2D eigenvalue weighted by atomic mass is 9.83. The molecule has 0 spiro atoms. The van der Waals surface area contributed by atoms with Gasteiger partial charge >= 0.3 is 0 Å². The molecule has 0 aliphatic rings. The van der Waals surface area contributed by atoms with E-state index in [-0.39, 0.29) is 5.41 Å². The minimum Gasteiger partial charge on any atom is -0.497 e.